The Kier molecular flexibility index (Phi) is 7.72. The first-order chi connectivity index (χ1) is 16.1. The van der Waals surface area contributed by atoms with Crippen LogP contribution >= 0.6 is 11.8 Å². The van der Waals surface area contributed by atoms with Gasteiger partial charge in [0.1, 0.15) is 11.1 Å². The molecule has 1 aromatic heterocycles. The summed E-state index contributed by atoms with van der Waals surface area (Å²) in [5.41, 5.74) is 6.53. The number of nitrogens with zero attached hydrogens (tertiary/aromatic N) is 2. The number of benzene rings is 3. The van der Waals surface area contributed by atoms with E-state index in [4.69, 9.17) is 4.98 Å². The second kappa shape index (κ2) is 11.1. The molecule has 3 aromatic carbocycles. The van der Waals surface area contributed by atoms with Crippen molar-refractivity contribution in [1.29, 1.82) is 5.26 Å². The standard InChI is InChI=1S/C28H24N2OS2/c1-21-12-14-22(15-13-21)20-33(31)17-16-32-28-26(19-29)25(23-8-4-2-5-9-23)18-27(30-28)24-10-6-3-7-11-24/h2-15,18H,16-17,20H2,1H3/t33-/m1/s1. The minimum Gasteiger partial charge on any atom is -0.259 e. The fourth-order valence-corrected chi connectivity index (χ4v) is 5.95. The summed E-state index contributed by atoms with van der Waals surface area (Å²) in [7, 11) is -0.974. The quantitative estimate of drug-likeness (QED) is 0.272. The van der Waals surface area contributed by atoms with E-state index in [0.717, 1.165) is 27.9 Å². The molecule has 0 aliphatic rings. The predicted molar refractivity (Wildman–Crippen MR) is 138 cm³/mol. The van der Waals surface area contributed by atoms with Crippen molar-refractivity contribution in [2.75, 3.05) is 11.5 Å². The zero-order valence-electron chi connectivity index (χ0n) is 18.4. The van der Waals surface area contributed by atoms with E-state index < -0.39 is 10.8 Å². The average Bonchev–Trinajstić information content (AvgIpc) is 2.86. The zero-order valence-corrected chi connectivity index (χ0v) is 20.0. The summed E-state index contributed by atoms with van der Waals surface area (Å²) in [5.74, 6) is 1.71. The van der Waals surface area contributed by atoms with E-state index in [9.17, 15) is 9.47 Å². The summed E-state index contributed by atoms with van der Waals surface area (Å²) >= 11 is 1.50. The molecule has 0 spiro atoms. The van der Waals surface area contributed by atoms with Crippen LogP contribution in [0.3, 0.4) is 0 Å². The molecule has 0 N–H and O–H groups in total. The number of hydrogen-bond acceptors (Lipinski definition) is 4. The lowest BCUT2D eigenvalue weighted by Gasteiger charge is -2.12. The molecule has 0 aliphatic heterocycles. The van der Waals surface area contributed by atoms with Crippen LogP contribution in [0.25, 0.3) is 22.4 Å². The lowest BCUT2D eigenvalue weighted by Crippen LogP contribution is -2.04. The molecule has 0 bridgehead atoms. The molecule has 0 unspecified atom stereocenters. The SMILES string of the molecule is Cc1ccc(C[S@](=O)CCSc2nc(-c3ccccc3)cc(-c3ccccc3)c2C#N)cc1. The van der Waals surface area contributed by atoms with Gasteiger partial charge < -0.3 is 0 Å². The second-order valence-corrected chi connectivity index (χ2v) is 10.4. The predicted octanol–water partition coefficient (Wildman–Crippen LogP) is 6.64. The highest BCUT2D eigenvalue weighted by molar-refractivity contribution is 8.00. The van der Waals surface area contributed by atoms with E-state index >= 15 is 0 Å². The van der Waals surface area contributed by atoms with Crippen LogP contribution in [0.5, 0.6) is 0 Å². The topological polar surface area (TPSA) is 53.8 Å². The van der Waals surface area contributed by atoms with Gasteiger partial charge >= 0.3 is 0 Å². The normalized spacial score (nSPS) is 11.6. The van der Waals surface area contributed by atoms with Crippen molar-refractivity contribution in [2.24, 2.45) is 0 Å². The van der Waals surface area contributed by atoms with Crippen LogP contribution in [0, 0.1) is 18.3 Å². The maximum atomic E-state index is 12.6. The Balaban J connectivity index is 1.58. The van der Waals surface area contributed by atoms with Gasteiger partial charge in [-0.25, -0.2) is 4.98 Å². The molecular weight excluding hydrogens is 444 g/mol. The molecule has 33 heavy (non-hydrogen) atoms. The molecule has 0 radical (unpaired) electrons. The van der Waals surface area contributed by atoms with E-state index in [1.807, 2.05) is 97.9 Å². The first-order valence-corrected chi connectivity index (χ1v) is 13.2. The molecule has 4 rings (SSSR count). The van der Waals surface area contributed by atoms with Crippen molar-refractivity contribution >= 4 is 22.6 Å². The van der Waals surface area contributed by atoms with Crippen LogP contribution in [0.1, 0.15) is 16.7 Å². The smallest absolute Gasteiger partial charge is 0.115 e. The van der Waals surface area contributed by atoms with Gasteiger partial charge in [0.2, 0.25) is 0 Å². The monoisotopic (exact) mass is 468 g/mol. The number of thioether (sulfide) groups is 1. The van der Waals surface area contributed by atoms with Gasteiger partial charge in [0, 0.05) is 39.2 Å². The van der Waals surface area contributed by atoms with Gasteiger partial charge in [-0.05, 0) is 24.1 Å². The molecular formula is C28H24N2OS2. The van der Waals surface area contributed by atoms with E-state index in [1.165, 1.54) is 17.3 Å². The molecule has 0 saturated heterocycles. The van der Waals surface area contributed by atoms with Crippen LogP contribution < -0.4 is 0 Å². The second-order valence-electron chi connectivity index (χ2n) is 7.70. The zero-order chi connectivity index (χ0) is 23.0. The number of pyridine rings is 1. The van der Waals surface area contributed by atoms with Crippen LogP contribution in [-0.4, -0.2) is 20.7 Å². The van der Waals surface area contributed by atoms with E-state index in [1.54, 1.807) is 0 Å². The number of aromatic nitrogens is 1. The molecule has 5 heteroatoms. The first-order valence-electron chi connectivity index (χ1n) is 10.7. The van der Waals surface area contributed by atoms with E-state index in [2.05, 4.69) is 6.07 Å². The van der Waals surface area contributed by atoms with Crippen molar-refractivity contribution in [3.8, 4) is 28.5 Å². The minimum absolute atomic E-state index is 0.540. The average molecular weight is 469 g/mol. The van der Waals surface area contributed by atoms with Crippen LogP contribution in [0.4, 0.5) is 0 Å². The van der Waals surface area contributed by atoms with Crippen LogP contribution in [0.2, 0.25) is 0 Å². The van der Waals surface area contributed by atoms with E-state index in [-0.39, 0.29) is 0 Å². The number of nitriles is 1. The van der Waals surface area contributed by atoms with Gasteiger partial charge in [0.15, 0.2) is 0 Å². The van der Waals surface area contributed by atoms with Crippen molar-refractivity contribution in [2.45, 2.75) is 17.7 Å². The molecule has 3 nitrogen and oxygen atoms in total. The van der Waals surface area contributed by atoms with Crippen LogP contribution in [-0.2, 0) is 16.6 Å². The highest BCUT2D eigenvalue weighted by Crippen LogP contribution is 2.34. The third kappa shape index (κ3) is 5.98. The Morgan fingerprint density at radius 2 is 1.55 bits per heavy atom. The number of hydrogen-bond donors (Lipinski definition) is 0. The largest absolute Gasteiger partial charge is 0.259 e. The Hall–Kier alpha value is -3.20. The van der Waals surface area contributed by atoms with Gasteiger partial charge in [0.05, 0.1) is 11.3 Å². The van der Waals surface area contributed by atoms with Gasteiger partial charge in [-0.1, -0.05) is 90.5 Å². The lowest BCUT2D eigenvalue weighted by atomic mass is 9.99. The van der Waals surface area contributed by atoms with Gasteiger partial charge in [-0.15, -0.1) is 11.8 Å². The highest BCUT2D eigenvalue weighted by atomic mass is 32.2. The Morgan fingerprint density at radius 1 is 0.909 bits per heavy atom. The molecule has 0 saturated carbocycles. The Morgan fingerprint density at radius 3 is 2.18 bits per heavy atom. The molecule has 0 amide bonds. The summed E-state index contributed by atoms with van der Waals surface area (Å²) < 4.78 is 12.6. The minimum atomic E-state index is -0.974. The summed E-state index contributed by atoms with van der Waals surface area (Å²) in [4.78, 5) is 4.83. The third-order valence-electron chi connectivity index (χ3n) is 5.25. The van der Waals surface area contributed by atoms with Crippen molar-refractivity contribution in [1.82, 2.24) is 4.98 Å². The maximum Gasteiger partial charge on any atom is 0.115 e. The molecule has 4 aromatic rings. The third-order valence-corrected chi connectivity index (χ3v) is 7.80. The van der Waals surface area contributed by atoms with Crippen molar-refractivity contribution < 1.29 is 4.21 Å². The highest BCUT2D eigenvalue weighted by Gasteiger charge is 2.16. The summed E-state index contributed by atoms with van der Waals surface area (Å²) in [6.45, 7) is 2.05. The van der Waals surface area contributed by atoms with Gasteiger partial charge in [-0.2, -0.15) is 5.26 Å². The van der Waals surface area contributed by atoms with Gasteiger partial charge in [0.25, 0.3) is 0 Å². The maximum absolute atomic E-state index is 12.6. The fraction of sp³-hybridized carbons (Fsp3) is 0.143. The van der Waals surface area contributed by atoms with Gasteiger partial charge in [-0.3, -0.25) is 4.21 Å². The number of aryl methyl sites for hydroxylation is 1. The molecule has 0 aliphatic carbocycles. The summed E-state index contributed by atoms with van der Waals surface area (Å²) in [6.07, 6.45) is 0. The molecule has 0 fully saturated rings. The Bertz CT molecular complexity index is 1280. The molecule has 1 atom stereocenters. The molecule has 1 heterocycles. The first kappa shape index (κ1) is 23.0. The van der Waals surface area contributed by atoms with Crippen LogP contribution in [0.15, 0.2) is 96.0 Å². The Labute approximate surface area is 202 Å². The summed E-state index contributed by atoms with van der Waals surface area (Å²) in [5, 5.41) is 10.7. The fourth-order valence-electron chi connectivity index (χ4n) is 3.51. The number of rotatable bonds is 8. The van der Waals surface area contributed by atoms with E-state index in [0.29, 0.717) is 27.8 Å². The summed E-state index contributed by atoms with van der Waals surface area (Å²) in [6, 6.07) is 32.4. The van der Waals surface area contributed by atoms with Crippen molar-refractivity contribution in [3.05, 3.63) is 108 Å². The lowest BCUT2D eigenvalue weighted by molar-refractivity contribution is 0.683. The molecule has 164 valence electrons. The van der Waals surface area contributed by atoms with Crippen molar-refractivity contribution in [3.63, 3.8) is 0 Å².